The summed E-state index contributed by atoms with van der Waals surface area (Å²) in [5.74, 6) is 0. The quantitative estimate of drug-likeness (QED) is 0.134. The molecule has 1 nitrogen and oxygen atoms in total. The molecule has 0 rings (SSSR count). The molecule has 26 heavy (non-hydrogen) atoms. The Hall–Kier alpha value is 0.230. The van der Waals surface area contributed by atoms with E-state index in [-0.39, 0.29) is 0 Å². The summed E-state index contributed by atoms with van der Waals surface area (Å²) in [6, 6.07) is 0. The fourth-order valence-electron chi connectivity index (χ4n) is 3.74. The van der Waals surface area contributed by atoms with Gasteiger partial charge >= 0.3 is 0 Å². The lowest BCUT2D eigenvalue weighted by Gasteiger charge is -2.04. The van der Waals surface area contributed by atoms with Crippen LogP contribution in [0, 0.1) is 0 Å². The van der Waals surface area contributed by atoms with Crippen molar-refractivity contribution in [3.05, 3.63) is 0 Å². The van der Waals surface area contributed by atoms with Gasteiger partial charge in [0, 0.05) is 0 Å². The highest BCUT2D eigenvalue weighted by Gasteiger charge is 2.00. The minimum atomic E-state index is -1.25. The van der Waals surface area contributed by atoms with Crippen molar-refractivity contribution in [3.8, 4) is 0 Å². The Morgan fingerprint density at radius 2 is 0.615 bits per heavy atom. The van der Waals surface area contributed by atoms with Crippen molar-refractivity contribution in [1.82, 2.24) is 0 Å². The maximum Gasteiger partial charge on any atom is 0.0762 e. The number of hydrogen-bond donors (Lipinski definition) is 0. The van der Waals surface area contributed by atoms with Gasteiger partial charge in [-0.25, -0.2) is 0 Å². The van der Waals surface area contributed by atoms with Crippen molar-refractivity contribution in [3.63, 3.8) is 0 Å². The summed E-state index contributed by atoms with van der Waals surface area (Å²) in [5.41, 5.74) is 0. The van der Waals surface area contributed by atoms with E-state index in [1.54, 1.807) is 0 Å². The van der Waals surface area contributed by atoms with Crippen molar-refractivity contribution in [2.75, 3.05) is 12.3 Å². The van der Waals surface area contributed by atoms with Crippen LogP contribution in [0.5, 0.6) is 0 Å². The second-order valence-corrected chi connectivity index (χ2v) is 10.5. The lowest BCUT2D eigenvalue weighted by Crippen LogP contribution is -1.88. The molecule has 0 aliphatic heterocycles. The molecule has 0 N–H and O–H groups in total. The first-order valence-corrected chi connectivity index (χ1v) is 14.1. The van der Waals surface area contributed by atoms with E-state index in [0.29, 0.717) is 0 Å². The summed E-state index contributed by atoms with van der Waals surface area (Å²) >= 11 is 0. The Labute approximate surface area is 167 Å². The Morgan fingerprint density at radius 1 is 0.385 bits per heavy atom. The van der Waals surface area contributed by atoms with Crippen LogP contribution in [0.2, 0.25) is 0 Å². The minimum absolute atomic E-state index is 1.03. The minimum Gasteiger partial charge on any atom is -0.327 e. The van der Waals surface area contributed by atoms with Crippen molar-refractivity contribution in [2.45, 2.75) is 142 Å². The van der Waals surface area contributed by atoms with Gasteiger partial charge in [0.1, 0.15) is 0 Å². The molecule has 0 heterocycles. The van der Waals surface area contributed by atoms with Gasteiger partial charge < -0.3 is 4.57 Å². The second kappa shape index (κ2) is 23.3. The predicted molar refractivity (Wildman–Crippen MR) is 122 cm³/mol. The fraction of sp³-hybridized carbons (Fsp3) is 1.00. The van der Waals surface area contributed by atoms with Crippen LogP contribution < -0.4 is 0 Å². The van der Waals surface area contributed by atoms with Gasteiger partial charge in [0.05, 0.1) is 7.80 Å². The van der Waals surface area contributed by atoms with E-state index in [4.69, 9.17) is 0 Å². The Bertz CT molecular complexity index is 251. The highest BCUT2D eigenvalue weighted by molar-refractivity contribution is 7.44. The van der Waals surface area contributed by atoms with Crippen molar-refractivity contribution in [2.24, 2.45) is 0 Å². The van der Waals surface area contributed by atoms with Gasteiger partial charge in [0.25, 0.3) is 0 Å². The lowest BCUT2D eigenvalue weighted by molar-refractivity contribution is 0.554. The smallest absolute Gasteiger partial charge is 0.0762 e. The highest BCUT2D eigenvalue weighted by Crippen LogP contribution is 2.25. The highest BCUT2D eigenvalue weighted by atomic mass is 31.1. The summed E-state index contributed by atoms with van der Waals surface area (Å²) in [6.45, 7) is 4.56. The van der Waals surface area contributed by atoms with E-state index in [0.717, 1.165) is 12.3 Å². The largest absolute Gasteiger partial charge is 0.327 e. The number of hydrogen-bond acceptors (Lipinski definition) is 1. The van der Waals surface area contributed by atoms with E-state index in [1.165, 1.54) is 128 Å². The normalized spacial score (nSPS) is 11.5. The van der Waals surface area contributed by atoms with Gasteiger partial charge in [0.15, 0.2) is 0 Å². The van der Waals surface area contributed by atoms with E-state index in [9.17, 15) is 4.57 Å². The average Bonchev–Trinajstić information content (AvgIpc) is 2.64. The maximum absolute atomic E-state index is 12.1. The molecule has 0 aliphatic rings. The zero-order valence-electron chi connectivity index (χ0n) is 18.5. The molecule has 0 aromatic carbocycles. The third-order valence-corrected chi connectivity index (χ3v) is 7.44. The van der Waals surface area contributed by atoms with Gasteiger partial charge in [-0.2, -0.15) is 0 Å². The summed E-state index contributed by atoms with van der Waals surface area (Å²) in [6.07, 6.45) is 29.5. The molecule has 0 fully saturated rings. The topological polar surface area (TPSA) is 17.1 Å². The van der Waals surface area contributed by atoms with Gasteiger partial charge in [-0.1, -0.05) is 129 Å². The first-order chi connectivity index (χ1) is 12.8. The molecular formula is C24H51OP. The zero-order valence-corrected chi connectivity index (χ0v) is 19.5. The lowest BCUT2D eigenvalue weighted by atomic mass is 10.1. The van der Waals surface area contributed by atoms with Gasteiger partial charge in [0.2, 0.25) is 0 Å². The van der Waals surface area contributed by atoms with Crippen molar-refractivity contribution in [1.29, 1.82) is 0 Å². The van der Waals surface area contributed by atoms with Crippen LogP contribution in [-0.4, -0.2) is 12.3 Å². The molecule has 0 unspecified atom stereocenters. The summed E-state index contributed by atoms with van der Waals surface area (Å²) < 4.78 is 12.1. The third-order valence-electron chi connectivity index (χ3n) is 5.62. The zero-order chi connectivity index (χ0) is 19.1. The van der Waals surface area contributed by atoms with E-state index in [2.05, 4.69) is 13.8 Å². The maximum atomic E-state index is 12.1. The molecule has 0 saturated carbocycles. The molecular weight excluding hydrogens is 335 g/mol. The summed E-state index contributed by atoms with van der Waals surface area (Å²) in [7, 11) is -1.25. The van der Waals surface area contributed by atoms with E-state index in [1.807, 2.05) is 0 Å². The van der Waals surface area contributed by atoms with Crippen LogP contribution in [0.1, 0.15) is 142 Å². The van der Waals surface area contributed by atoms with Crippen LogP contribution in [-0.2, 0) is 4.57 Å². The summed E-state index contributed by atoms with van der Waals surface area (Å²) in [4.78, 5) is 0. The average molecular weight is 387 g/mol. The van der Waals surface area contributed by atoms with Crippen LogP contribution in [0.25, 0.3) is 0 Å². The molecule has 0 aliphatic carbocycles. The monoisotopic (exact) mass is 386 g/mol. The molecule has 0 bridgehead atoms. The van der Waals surface area contributed by atoms with Gasteiger partial charge in [-0.3, -0.25) is 0 Å². The number of unbranched alkanes of at least 4 members (excludes halogenated alkanes) is 18. The molecule has 0 aromatic rings. The van der Waals surface area contributed by atoms with Gasteiger partial charge in [-0.15, -0.1) is 0 Å². The first kappa shape index (κ1) is 26.2. The van der Waals surface area contributed by atoms with Crippen LogP contribution in [0.15, 0.2) is 0 Å². The Morgan fingerprint density at radius 3 is 0.885 bits per heavy atom. The summed E-state index contributed by atoms with van der Waals surface area (Å²) in [5, 5.41) is 0. The Kier molecular flexibility index (Phi) is 23.5. The van der Waals surface area contributed by atoms with E-state index < -0.39 is 7.80 Å². The predicted octanol–water partition coefficient (Wildman–Crippen LogP) is 9.39. The second-order valence-electron chi connectivity index (χ2n) is 8.40. The van der Waals surface area contributed by atoms with Crippen LogP contribution >= 0.6 is 7.80 Å². The molecule has 0 saturated heterocycles. The molecule has 2 heteroatoms. The molecule has 158 valence electrons. The van der Waals surface area contributed by atoms with Crippen molar-refractivity contribution < 1.29 is 4.57 Å². The first-order valence-electron chi connectivity index (χ1n) is 12.3. The van der Waals surface area contributed by atoms with Crippen LogP contribution in [0.4, 0.5) is 0 Å². The molecule has 0 radical (unpaired) electrons. The number of rotatable bonds is 22. The fourth-order valence-corrected chi connectivity index (χ4v) is 5.28. The Balaban J connectivity index is 3.13. The van der Waals surface area contributed by atoms with E-state index >= 15 is 0 Å². The van der Waals surface area contributed by atoms with Gasteiger partial charge in [-0.05, 0) is 25.2 Å². The molecule has 0 aromatic heterocycles. The standard InChI is InChI=1S/C24H51OP/c1-3-5-7-9-11-13-15-17-19-21-23-26(25)24-22-20-18-16-14-12-10-8-6-4-2/h26H,3-24H2,1-2H3. The molecule has 0 atom stereocenters. The molecule has 0 spiro atoms. The SMILES string of the molecule is CCCCCCCCCCCC[PH](=O)CCCCCCCCCCCC. The molecule has 0 amide bonds. The van der Waals surface area contributed by atoms with Crippen molar-refractivity contribution >= 4 is 7.80 Å². The third kappa shape index (κ3) is 22.3. The van der Waals surface area contributed by atoms with Crippen LogP contribution in [0.3, 0.4) is 0 Å².